The van der Waals surface area contributed by atoms with Crippen molar-refractivity contribution in [2.45, 2.75) is 46.0 Å². The number of carbonyl (C=O) groups excluding carboxylic acids is 1. The van der Waals surface area contributed by atoms with Gasteiger partial charge in [0, 0.05) is 11.3 Å². The third kappa shape index (κ3) is 5.13. The molecule has 0 saturated carbocycles. The molecule has 0 radical (unpaired) electrons. The minimum absolute atomic E-state index is 0.200. The maximum Gasteiger partial charge on any atom is 0.257 e. The van der Waals surface area contributed by atoms with Crippen LogP contribution in [-0.2, 0) is 0 Å². The van der Waals surface area contributed by atoms with Gasteiger partial charge >= 0.3 is 0 Å². The van der Waals surface area contributed by atoms with E-state index in [9.17, 15) is 4.79 Å². The fourth-order valence-corrected chi connectivity index (χ4v) is 2.81. The van der Waals surface area contributed by atoms with Crippen LogP contribution < -0.4 is 10.6 Å². The smallest absolute Gasteiger partial charge is 0.257 e. The molecule has 0 aromatic heterocycles. The highest BCUT2D eigenvalue weighted by molar-refractivity contribution is 7.80. The Balaban J connectivity index is 2.04. The van der Waals surface area contributed by atoms with E-state index in [-0.39, 0.29) is 5.91 Å². The van der Waals surface area contributed by atoms with Crippen LogP contribution in [0.2, 0.25) is 0 Å². The number of hydrogen-bond acceptors (Lipinski definition) is 2. The third-order valence-corrected chi connectivity index (χ3v) is 4.62. The molecule has 2 aromatic rings. The summed E-state index contributed by atoms with van der Waals surface area (Å²) in [7, 11) is 0. The summed E-state index contributed by atoms with van der Waals surface area (Å²) < 4.78 is 0. The molecule has 3 nitrogen and oxygen atoms in total. The number of benzene rings is 2. The van der Waals surface area contributed by atoms with Gasteiger partial charge in [0.15, 0.2) is 5.11 Å². The molecule has 2 rings (SSSR count). The quantitative estimate of drug-likeness (QED) is 0.702. The first-order valence-corrected chi connectivity index (χ1v) is 9.14. The molecule has 1 amide bonds. The van der Waals surface area contributed by atoms with Crippen LogP contribution in [0.3, 0.4) is 0 Å². The van der Waals surface area contributed by atoms with Gasteiger partial charge in [-0.15, -0.1) is 0 Å². The van der Waals surface area contributed by atoms with Crippen molar-refractivity contribution >= 4 is 28.9 Å². The maximum atomic E-state index is 12.4. The lowest BCUT2D eigenvalue weighted by molar-refractivity contribution is 0.0977. The average molecular weight is 355 g/mol. The molecule has 0 heterocycles. The topological polar surface area (TPSA) is 41.1 Å². The van der Waals surface area contributed by atoms with Gasteiger partial charge in [0.05, 0.1) is 0 Å². The molecule has 0 unspecified atom stereocenters. The van der Waals surface area contributed by atoms with Gasteiger partial charge in [0.1, 0.15) is 0 Å². The Morgan fingerprint density at radius 2 is 1.68 bits per heavy atom. The molecule has 0 bridgehead atoms. The van der Waals surface area contributed by atoms with Gasteiger partial charge < -0.3 is 5.32 Å². The van der Waals surface area contributed by atoms with E-state index in [1.807, 2.05) is 42.5 Å². The first-order chi connectivity index (χ1) is 11.9. The number of nitrogens with one attached hydrogen (secondary N) is 2. The second-order valence-corrected chi connectivity index (χ2v) is 6.99. The summed E-state index contributed by atoms with van der Waals surface area (Å²) in [5, 5.41) is 6.23. The zero-order valence-corrected chi connectivity index (χ0v) is 16.1. The van der Waals surface area contributed by atoms with Gasteiger partial charge in [-0.25, -0.2) is 0 Å². The lowest BCUT2D eigenvalue weighted by Gasteiger charge is -2.17. The Hall–Kier alpha value is -2.20. The summed E-state index contributed by atoms with van der Waals surface area (Å²) in [5.41, 5.74) is 3.95. The lowest BCUT2D eigenvalue weighted by atomic mass is 9.97. The Bertz CT molecular complexity index is 738. The number of amides is 1. The van der Waals surface area contributed by atoms with Crippen molar-refractivity contribution in [2.75, 3.05) is 5.32 Å². The zero-order valence-electron chi connectivity index (χ0n) is 15.3. The summed E-state index contributed by atoms with van der Waals surface area (Å²) in [5.74, 6) is 0.663. The van der Waals surface area contributed by atoms with E-state index in [1.54, 1.807) is 0 Å². The van der Waals surface area contributed by atoms with Gasteiger partial charge in [0.2, 0.25) is 0 Å². The second kappa shape index (κ2) is 8.77. The molecule has 0 fully saturated rings. The number of para-hydroxylation sites is 1. The van der Waals surface area contributed by atoms with Crippen LogP contribution >= 0.6 is 12.2 Å². The summed E-state index contributed by atoms with van der Waals surface area (Å²) in [6.07, 6.45) is 1.04. The maximum absolute atomic E-state index is 12.4. The van der Waals surface area contributed by atoms with Crippen LogP contribution in [-0.4, -0.2) is 11.0 Å². The second-order valence-electron chi connectivity index (χ2n) is 6.58. The van der Waals surface area contributed by atoms with Gasteiger partial charge in [0.25, 0.3) is 5.91 Å². The van der Waals surface area contributed by atoms with E-state index < -0.39 is 0 Å². The number of hydrogen-bond donors (Lipinski definition) is 2. The molecule has 0 spiro atoms. The molecule has 1 atom stereocenters. The molecule has 0 aliphatic rings. The molecular formula is C21H26N2OS. The number of rotatable bonds is 5. The minimum atomic E-state index is -0.200. The van der Waals surface area contributed by atoms with Gasteiger partial charge in [-0.3, -0.25) is 10.1 Å². The van der Waals surface area contributed by atoms with Gasteiger partial charge in [-0.05, 0) is 59.8 Å². The Morgan fingerprint density at radius 3 is 2.28 bits per heavy atom. The van der Waals surface area contributed by atoms with E-state index in [2.05, 4.69) is 44.4 Å². The molecule has 0 saturated heterocycles. The average Bonchev–Trinajstić information content (AvgIpc) is 2.61. The summed E-state index contributed by atoms with van der Waals surface area (Å²) >= 11 is 5.32. The summed E-state index contributed by atoms with van der Waals surface area (Å²) in [6, 6.07) is 15.7. The SMILES string of the molecule is CC[C@@H](C)c1ccccc1NC(=S)NC(=O)c1ccc(C(C)C)cc1. The van der Waals surface area contributed by atoms with Crippen molar-refractivity contribution < 1.29 is 4.79 Å². The van der Waals surface area contributed by atoms with Crippen LogP contribution in [0, 0.1) is 0 Å². The van der Waals surface area contributed by atoms with Crippen molar-refractivity contribution in [1.82, 2.24) is 5.32 Å². The van der Waals surface area contributed by atoms with E-state index in [0.717, 1.165) is 12.1 Å². The predicted octanol–water partition coefficient (Wildman–Crippen LogP) is 5.45. The highest BCUT2D eigenvalue weighted by Crippen LogP contribution is 2.26. The molecule has 25 heavy (non-hydrogen) atoms. The van der Waals surface area contributed by atoms with Crippen molar-refractivity contribution in [1.29, 1.82) is 0 Å². The number of anilines is 1. The molecular weight excluding hydrogens is 328 g/mol. The Morgan fingerprint density at radius 1 is 1.04 bits per heavy atom. The van der Waals surface area contributed by atoms with Crippen LogP contribution in [0.25, 0.3) is 0 Å². The minimum Gasteiger partial charge on any atom is -0.332 e. The van der Waals surface area contributed by atoms with Gasteiger partial charge in [-0.2, -0.15) is 0 Å². The monoisotopic (exact) mass is 354 g/mol. The first kappa shape index (κ1) is 19.1. The third-order valence-electron chi connectivity index (χ3n) is 4.42. The van der Waals surface area contributed by atoms with Crippen LogP contribution in [0.4, 0.5) is 5.69 Å². The first-order valence-electron chi connectivity index (χ1n) is 8.73. The molecule has 2 N–H and O–H groups in total. The lowest BCUT2D eigenvalue weighted by Crippen LogP contribution is -2.34. The van der Waals surface area contributed by atoms with E-state index >= 15 is 0 Å². The Labute approximate surface area is 155 Å². The van der Waals surface area contributed by atoms with E-state index in [0.29, 0.717) is 22.5 Å². The van der Waals surface area contributed by atoms with Crippen LogP contribution in [0.15, 0.2) is 48.5 Å². The zero-order chi connectivity index (χ0) is 18.4. The van der Waals surface area contributed by atoms with Crippen molar-refractivity contribution in [3.63, 3.8) is 0 Å². The molecule has 132 valence electrons. The molecule has 0 aliphatic heterocycles. The van der Waals surface area contributed by atoms with E-state index in [4.69, 9.17) is 12.2 Å². The van der Waals surface area contributed by atoms with Crippen molar-refractivity contribution in [3.8, 4) is 0 Å². The molecule has 0 aliphatic carbocycles. The standard InChI is InChI=1S/C21H26N2OS/c1-5-15(4)18-8-6-7-9-19(18)22-21(25)23-20(24)17-12-10-16(11-13-17)14(2)3/h6-15H,5H2,1-4H3,(H2,22,23,24,25)/t15-/m1/s1. The van der Waals surface area contributed by atoms with E-state index in [1.165, 1.54) is 11.1 Å². The van der Waals surface area contributed by atoms with Crippen LogP contribution in [0.1, 0.15) is 67.4 Å². The highest BCUT2D eigenvalue weighted by Gasteiger charge is 2.12. The summed E-state index contributed by atoms with van der Waals surface area (Å²) in [4.78, 5) is 12.4. The number of carbonyl (C=O) groups is 1. The fourth-order valence-electron chi connectivity index (χ4n) is 2.61. The summed E-state index contributed by atoms with van der Waals surface area (Å²) in [6.45, 7) is 8.59. The van der Waals surface area contributed by atoms with Crippen LogP contribution in [0.5, 0.6) is 0 Å². The Kier molecular flexibility index (Phi) is 6.71. The fraction of sp³-hybridized carbons (Fsp3) is 0.333. The van der Waals surface area contributed by atoms with Crippen molar-refractivity contribution in [2.24, 2.45) is 0 Å². The number of thiocarbonyl (C=S) groups is 1. The molecule has 4 heteroatoms. The van der Waals surface area contributed by atoms with Crippen molar-refractivity contribution in [3.05, 3.63) is 65.2 Å². The molecule has 2 aromatic carbocycles. The largest absolute Gasteiger partial charge is 0.332 e. The highest BCUT2D eigenvalue weighted by atomic mass is 32.1. The predicted molar refractivity (Wildman–Crippen MR) is 109 cm³/mol. The normalized spacial score (nSPS) is 11.9. The van der Waals surface area contributed by atoms with Gasteiger partial charge in [-0.1, -0.05) is 58.0 Å².